The summed E-state index contributed by atoms with van der Waals surface area (Å²) in [5.41, 5.74) is 2.26. The Kier molecular flexibility index (Phi) is 10.7. The van der Waals surface area contributed by atoms with E-state index in [0.29, 0.717) is 23.3 Å². The standard InChI is InChI=1S/C28H39NO6/c1-20(2)28(27(32)35-6,24-11-12-25(33-4)23(18-24)19-30)14-8-15-29(3)16-13-21-9-7-10-22(17-21)26(31)34-5/h7,9-12,17-18,20,30H,8,13-16,19H2,1-6H3. The molecule has 0 aliphatic heterocycles. The molecule has 1 unspecified atom stereocenters. The Hall–Kier alpha value is -2.90. The number of carbonyl (C=O) groups excluding carboxylic acids is 2. The van der Waals surface area contributed by atoms with Gasteiger partial charge >= 0.3 is 11.9 Å². The minimum absolute atomic E-state index is 0.0127. The van der Waals surface area contributed by atoms with E-state index in [1.807, 2.05) is 44.2 Å². The zero-order valence-electron chi connectivity index (χ0n) is 21.8. The van der Waals surface area contributed by atoms with Crippen LogP contribution < -0.4 is 4.74 Å². The molecule has 192 valence electrons. The average molecular weight is 486 g/mol. The largest absolute Gasteiger partial charge is 0.496 e. The fourth-order valence-electron chi connectivity index (χ4n) is 4.61. The predicted octanol–water partition coefficient (Wildman–Crippen LogP) is 4.00. The van der Waals surface area contributed by atoms with E-state index in [4.69, 9.17) is 14.2 Å². The number of aliphatic hydroxyl groups is 1. The summed E-state index contributed by atoms with van der Waals surface area (Å²) in [4.78, 5) is 27.2. The third-order valence-electron chi connectivity index (χ3n) is 6.74. The van der Waals surface area contributed by atoms with Gasteiger partial charge in [-0.25, -0.2) is 4.79 Å². The molecule has 0 heterocycles. The number of carbonyl (C=O) groups is 2. The lowest BCUT2D eigenvalue weighted by Gasteiger charge is -2.36. The molecule has 0 aromatic heterocycles. The first kappa shape index (κ1) is 28.3. The fraction of sp³-hybridized carbons (Fsp3) is 0.500. The van der Waals surface area contributed by atoms with Crippen LogP contribution in [0.5, 0.6) is 5.75 Å². The summed E-state index contributed by atoms with van der Waals surface area (Å²) in [5, 5.41) is 9.81. The van der Waals surface area contributed by atoms with Gasteiger partial charge in [0.1, 0.15) is 5.75 Å². The number of ether oxygens (including phenoxy) is 3. The van der Waals surface area contributed by atoms with E-state index in [1.165, 1.54) is 14.2 Å². The smallest absolute Gasteiger partial charge is 0.337 e. The summed E-state index contributed by atoms with van der Waals surface area (Å²) in [5.74, 6) is -0.0317. The lowest BCUT2D eigenvalue weighted by Crippen LogP contribution is -2.42. The molecule has 1 N–H and O–H groups in total. The van der Waals surface area contributed by atoms with Gasteiger partial charge < -0.3 is 24.2 Å². The van der Waals surface area contributed by atoms with Gasteiger partial charge in [-0.3, -0.25) is 4.79 Å². The van der Waals surface area contributed by atoms with Crippen molar-refractivity contribution in [2.24, 2.45) is 5.92 Å². The van der Waals surface area contributed by atoms with Crippen molar-refractivity contribution in [3.63, 3.8) is 0 Å². The van der Waals surface area contributed by atoms with Crippen molar-refractivity contribution in [2.75, 3.05) is 41.5 Å². The number of hydrogen-bond donors (Lipinski definition) is 1. The molecule has 7 heteroatoms. The first-order chi connectivity index (χ1) is 16.7. The number of esters is 2. The molecule has 0 bridgehead atoms. The van der Waals surface area contributed by atoms with E-state index < -0.39 is 5.41 Å². The highest BCUT2D eigenvalue weighted by Gasteiger charge is 2.44. The summed E-state index contributed by atoms with van der Waals surface area (Å²) >= 11 is 0. The molecular formula is C28H39NO6. The van der Waals surface area contributed by atoms with E-state index in [9.17, 15) is 14.7 Å². The predicted molar refractivity (Wildman–Crippen MR) is 136 cm³/mol. The Morgan fingerprint density at radius 1 is 1.03 bits per heavy atom. The second-order valence-corrected chi connectivity index (χ2v) is 9.15. The van der Waals surface area contributed by atoms with Crippen LogP contribution in [0.4, 0.5) is 0 Å². The van der Waals surface area contributed by atoms with Crippen LogP contribution >= 0.6 is 0 Å². The van der Waals surface area contributed by atoms with Gasteiger partial charge in [-0.15, -0.1) is 0 Å². The minimum atomic E-state index is -0.833. The van der Waals surface area contributed by atoms with Crippen LogP contribution in [0.1, 0.15) is 53.7 Å². The lowest BCUT2D eigenvalue weighted by molar-refractivity contribution is -0.150. The van der Waals surface area contributed by atoms with Gasteiger partial charge in [-0.1, -0.05) is 32.0 Å². The quantitative estimate of drug-likeness (QED) is 0.429. The van der Waals surface area contributed by atoms with Gasteiger partial charge in [0.15, 0.2) is 0 Å². The van der Waals surface area contributed by atoms with Crippen molar-refractivity contribution >= 4 is 11.9 Å². The third kappa shape index (κ3) is 6.83. The minimum Gasteiger partial charge on any atom is -0.496 e. The highest BCUT2D eigenvalue weighted by molar-refractivity contribution is 5.89. The molecule has 0 spiro atoms. The van der Waals surface area contributed by atoms with E-state index in [0.717, 1.165) is 37.1 Å². The maximum absolute atomic E-state index is 13.2. The van der Waals surface area contributed by atoms with Crippen molar-refractivity contribution in [2.45, 2.75) is 45.1 Å². The highest BCUT2D eigenvalue weighted by Crippen LogP contribution is 2.40. The molecular weight excluding hydrogens is 446 g/mol. The molecule has 0 amide bonds. The fourth-order valence-corrected chi connectivity index (χ4v) is 4.61. The zero-order valence-corrected chi connectivity index (χ0v) is 21.8. The molecule has 7 nitrogen and oxygen atoms in total. The van der Waals surface area contributed by atoms with E-state index in [1.54, 1.807) is 19.2 Å². The Labute approximate surface area is 209 Å². The topological polar surface area (TPSA) is 85.3 Å². The van der Waals surface area contributed by atoms with Gasteiger partial charge in [0, 0.05) is 12.1 Å². The number of aliphatic hydroxyl groups excluding tert-OH is 1. The van der Waals surface area contributed by atoms with Crippen LogP contribution in [0.3, 0.4) is 0 Å². The Morgan fingerprint density at radius 2 is 1.77 bits per heavy atom. The SMILES string of the molecule is COC(=O)c1cccc(CCN(C)CCCC(C(=O)OC)(c2ccc(OC)c(CO)c2)C(C)C)c1. The first-order valence-corrected chi connectivity index (χ1v) is 12.0. The summed E-state index contributed by atoms with van der Waals surface area (Å²) in [6, 6.07) is 13.0. The number of benzene rings is 2. The molecule has 2 rings (SSSR count). The third-order valence-corrected chi connectivity index (χ3v) is 6.74. The van der Waals surface area contributed by atoms with Crippen molar-refractivity contribution < 1.29 is 28.9 Å². The van der Waals surface area contributed by atoms with Gasteiger partial charge in [-0.2, -0.15) is 0 Å². The Balaban J connectivity index is 2.12. The molecule has 0 aliphatic rings. The Bertz CT molecular complexity index is 989. The van der Waals surface area contributed by atoms with Crippen LogP contribution in [0, 0.1) is 5.92 Å². The van der Waals surface area contributed by atoms with E-state index in [2.05, 4.69) is 11.9 Å². The zero-order chi connectivity index (χ0) is 26.0. The van der Waals surface area contributed by atoms with Crippen molar-refractivity contribution in [1.29, 1.82) is 0 Å². The Morgan fingerprint density at radius 3 is 2.37 bits per heavy atom. The summed E-state index contributed by atoms with van der Waals surface area (Å²) in [6.45, 7) is 5.49. The van der Waals surface area contributed by atoms with Crippen molar-refractivity contribution in [1.82, 2.24) is 4.90 Å². The normalized spacial score (nSPS) is 12.9. The molecule has 0 saturated heterocycles. The molecule has 0 fully saturated rings. The second kappa shape index (κ2) is 13.3. The molecule has 0 aliphatic carbocycles. The number of likely N-dealkylation sites (N-methyl/N-ethyl adjacent to an activating group) is 1. The summed E-state index contributed by atoms with van der Waals surface area (Å²) in [6.07, 6.45) is 2.19. The van der Waals surface area contributed by atoms with Gasteiger partial charge in [-0.05, 0) is 74.2 Å². The van der Waals surface area contributed by atoms with E-state index >= 15 is 0 Å². The first-order valence-electron chi connectivity index (χ1n) is 12.0. The second-order valence-electron chi connectivity index (χ2n) is 9.15. The average Bonchev–Trinajstić information content (AvgIpc) is 2.88. The van der Waals surface area contributed by atoms with Crippen LogP contribution in [-0.2, 0) is 32.7 Å². The van der Waals surface area contributed by atoms with Gasteiger partial charge in [0.05, 0.1) is 38.9 Å². The van der Waals surface area contributed by atoms with Crippen LogP contribution in [0.15, 0.2) is 42.5 Å². The highest BCUT2D eigenvalue weighted by atomic mass is 16.5. The molecule has 35 heavy (non-hydrogen) atoms. The van der Waals surface area contributed by atoms with Gasteiger partial charge in [0.2, 0.25) is 0 Å². The summed E-state index contributed by atoms with van der Waals surface area (Å²) in [7, 11) is 6.41. The molecule has 1 atom stereocenters. The monoisotopic (exact) mass is 485 g/mol. The number of nitrogens with zero attached hydrogens (tertiary/aromatic N) is 1. The number of methoxy groups -OCH3 is 3. The lowest BCUT2D eigenvalue weighted by atomic mass is 9.68. The number of hydrogen-bond acceptors (Lipinski definition) is 7. The molecule has 2 aromatic rings. The van der Waals surface area contributed by atoms with Gasteiger partial charge in [0.25, 0.3) is 0 Å². The van der Waals surface area contributed by atoms with Crippen molar-refractivity contribution in [3.05, 3.63) is 64.7 Å². The molecule has 2 aromatic carbocycles. The molecule has 0 saturated carbocycles. The van der Waals surface area contributed by atoms with Crippen LogP contribution in [-0.4, -0.2) is 63.4 Å². The number of rotatable bonds is 13. The van der Waals surface area contributed by atoms with Crippen LogP contribution in [0.2, 0.25) is 0 Å². The van der Waals surface area contributed by atoms with Crippen molar-refractivity contribution in [3.8, 4) is 5.75 Å². The summed E-state index contributed by atoms with van der Waals surface area (Å²) < 4.78 is 15.4. The maximum atomic E-state index is 13.2. The van der Waals surface area contributed by atoms with E-state index in [-0.39, 0.29) is 24.5 Å². The molecule has 0 radical (unpaired) electrons. The van der Waals surface area contributed by atoms with Crippen LogP contribution in [0.25, 0.3) is 0 Å². The maximum Gasteiger partial charge on any atom is 0.337 e.